The number of pyridine rings is 1. The van der Waals surface area contributed by atoms with Crippen molar-refractivity contribution in [1.29, 1.82) is 0 Å². The quantitative estimate of drug-likeness (QED) is 0.115. The minimum absolute atomic E-state index is 0.0374. The summed E-state index contributed by atoms with van der Waals surface area (Å²) >= 11 is 15.3. The number of hydrogen-bond donors (Lipinski definition) is 2. The summed E-state index contributed by atoms with van der Waals surface area (Å²) in [6, 6.07) is 13.8. The van der Waals surface area contributed by atoms with Crippen molar-refractivity contribution in [3.05, 3.63) is 103 Å². The van der Waals surface area contributed by atoms with E-state index < -0.39 is 0 Å². The highest BCUT2D eigenvalue weighted by molar-refractivity contribution is 9.11. The number of aromatic amines is 1. The second-order valence-corrected chi connectivity index (χ2v) is 16.1. The summed E-state index contributed by atoms with van der Waals surface area (Å²) in [6.45, 7) is 7.91. The van der Waals surface area contributed by atoms with Crippen molar-refractivity contribution in [2.45, 2.75) is 46.2 Å². The van der Waals surface area contributed by atoms with E-state index in [1.807, 2.05) is 46.9 Å². The molecule has 0 aliphatic heterocycles. The van der Waals surface area contributed by atoms with Crippen LogP contribution < -0.4 is 10.7 Å². The summed E-state index contributed by atoms with van der Waals surface area (Å²) in [5, 5.41) is 13.0. The number of para-hydroxylation sites is 1. The molecule has 6 aromatic rings. The van der Waals surface area contributed by atoms with Crippen LogP contribution in [0.25, 0.3) is 33.2 Å². The number of thiophene rings is 4. The van der Waals surface area contributed by atoms with E-state index in [2.05, 4.69) is 94.6 Å². The molecule has 4 nitrogen and oxygen atoms in total. The molecule has 0 aliphatic rings. The van der Waals surface area contributed by atoms with Gasteiger partial charge in [0.25, 0.3) is 0 Å². The van der Waals surface area contributed by atoms with Gasteiger partial charge in [0, 0.05) is 77.2 Å². The van der Waals surface area contributed by atoms with E-state index in [1.54, 1.807) is 28.7 Å². The first-order valence-electron chi connectivity index (χ1n) is 14.7. The lowest BCUT2D eigenvalue weighted by atomic mass is 10.1. The topological polar surface area (TPSA) is 48.1 Å². The van der Waals surface area contributed by atoms with E-state index in [0.29, 0.717) is 5.39 Å². The van der Waals surface area contributed by atoms with Crippen molar-refractivity contribution >= 4 is 93.9 Å². The molecule has 5 heterocycles. The number of H-pyrrole nitrogens is 1. The lowest BCUT2D eigenvalue weighted by molar-refractivity contribution is 0.261. The van der Waals surface area contributed by atoms with E-state index in [9.17, 15) is 4.79 Å². The number of nitrogens with zero attached hydrogens (tertiary/aromatic N) is 1. The molecule has 0 saturated carbocycles. The molecule has 0 aliphatic carbocycles. The van der Waals surface area contributed by atoms with Crippen LogP contribution in [0.4, 0.5) is 5.82 Å². The van der Waals surface area contributed by atoms with Crippen molar-refractivity contribution in [2.24, 2.45) is 0 Å². The van der Waals surface area contributed by atoms with Gasteiger partial charge < -0.3 is 10.3 Å². The lowest BCUT2D eigenvalue weighted by Crippen LogP contribution is -2.25. The Kier molecular flexibility index (Phi) is 10.6. The zero-order chi connectivity index (χ0) is 30.6. The molecule has 0 amide bonds. The maximum absolute atomic E-state index is 12.6. The van der Waals surface area contributed by atoms with E-state index >= 15 is 0 Å². The third-order valence-electron chi connectivity index (χ3n) is 7.68. The molecule has 0 atom stereocenters. The summed E-state index contributed by atoms with van der Waals surface area (Å²) < 4.78 is 2.48. The Balaban J connectivity index is 1.27. The second-order valence-electron chi connectivity index (χ2n) is 10.6. The molecule has 0 radical (unpaired) electrons. The molecule has 5 aromatic heterocycles. The predicted molar refractivity (Wildman–Crippen MR) is 201 cm³/mol. The fourth-order valence-corrected chi connectivity index (χ4v) is 11.5. The van der Waals surface area contributed by atoms with Gasteiger partial charge in [-0.3, -0.25) is 9.69 Å². The Morgan fingerprint density at radius 3 is 1.95 bits per heavy atom. The van der Waals surface area contributed by atoms with Crippen LogP contribution in [0.1, 0.15) is 39.8 Å². The molecule has 0 bridgehead atoms. The highest BCUT2D eigenvalue weighted by Gasteiger charge is 2.23. The number of fused-ring (bicyclic) bond motifs is 1. The average molecular weight is 788 g/mol. The number of benzene rings is 1. The van der Waals surface area contributed by atoms with Crippen LogP contribution in [0.5, 0.6) is 0 Å². The second kappa shape index (κ2) is 14.6. The molecule has 6 rings (SSSR count). The molecule has 1 aromatic carbocycles. The van der Waals surface area contributed by atoms with Gasteiger partial charge in [-0.15, -0.1) is 22.7 Å². The Hall–Kier alpha value is -2.05. The van der Waals surface area contributed by atoms with Gasteiger partial charge in [-0.2, -0.15) is 22.7 Å². The van der Waals surface area contributed by atoms with Crippen molar-refractivity contribution < 1.29 is 0 Å². The summed E-state index contributed by atoms with van der Waals surface area (Å²) in [4.78, 5) is 24.2. The number of rotatable bonds is 13. The predicted octanol–water partition coefficient (Wildman–Crippen LogP) is 11.3. The maximum atomic E-state index is 12.6. The van der Waals surface area contributed by atoms with Crippen molar-refractivity contribution in [3.63, 3.8) is 0 Å². The van der Waals surface area contributed by atoms with Gasteiger partial charge in [0.2, 0.25) is 0 Å². The van der Waals surface area contributed by atoms with Gasteiger partial charge in [0.15, 0.2) is 5.43 Å². The number of halogens is 2. The molecule has 44 heavy (non-hydrogen) atoms. The van der Waals surface area contributed by atoms with E-state index in [0.717, 1.165) is 56.8 Å². The maximum Gasteiger partial charge on any atom is 0.191 e. The van der Waals surface area contributed by atoms with Crippen LogP contribution in [0.15, 0.2) is 77.7 Å². The van der Waals surface area contributed by atoms with Gasteiger partial charge in [0.05, 0.1) is 5.52 Å². The average Bonchev–Trinajstić information content (AvgIpc) is 3.83. The smallest absolute Gasteiger partial charge is 0.191 e. The van der Waals surface area contributed by atoms with Crippen LogP contribution in [0, 0.1) is 0 Å². The number of anilines is 1. The van der Waals surface area contributed by atoms with Gasteiger partial charge in [0.1, 0.15) is 5.82 Å². The van der Waals surface area contributed by atoms with Crippen LogP contribution in [0.2, 0.25) is 0 Å². The van der Waals surface area contributed by atoms with Crippen LogP contribution >= 0.6 is 77.2 Å². The Morgan fingerprint density at radius 1 is 0.818 bits per heavy atom. The van der Waals surface area contributed by atoms with Gasteiger partial charge >= 0.3 is 0 Å². The first-order valence-corrected chi connectivity index (χ1v) is 19.8. The molecule has 0 saturated heterocycles. The first kappa shape index (κ1) is 31.9. The van der Waals surface area contributed by atoms with Gasteiger partial charge in [-0.1, -0.05) is 26.0 Å². The number of nitrogens with one attached hydrogen (secondary N) is 2. The molecular weight excluding hydrogens is 754 g/mol. The molecule has 0 unspecified atom stereocenters. The zero-order valence-corrected chi connectivity index (χ0v) is 31.0. The highest BCUT2D eigenvalue weighted by Crippen LogP contribution is 2.44. The van der Waals surface area contributed by atoms with Gasteiger partial charge in [-0.25, -0.2) is 0 Å². The first-order chi connectivity index (χ1) is 21.5. The largest absolute Gasteiger partial charge is 0.371 e. The Bertz CT molecular complexity index is 1820. The third kappa shape index (κ3) is 6.87. The monoisotopic (exact) mass is 785 g/mol. The number of hydrogen-bond acceptors (Lipinski definition) is 7. The Morgan fingerprint density at radius 2 is 1.41 bits per heavy atom. The van der Waals surface area contributed by atoms with Crippen LogP contribution in [-0.2, 0) is 25.9 Å². The minimum Gasteiger partial charge on any atom is -0.371 e. The van der Waals surface area contributed by atoms with Crippen molar-refractivity contribution in [3.8, 4) is 22.3 Å². The third-order valence-corrected chi connectivity index (χ3v) is 14.0. The minimum atomic E-state index is 0.0374. The SMILES string of the molecule is CCc1sc(CN(CCCNc2cc(=O)c3ccccc3[nH]2)Cc2sc(CC)c(Br)c2-c2ccsc2)c(-c2ccsc2)c1Br. The number of aromatic nitrogens is 1. The number of aryl methyl sites for hydroxylation is 2. The van der Waals surface area contributed by atoms with Crippen LogP contribution in [0.3, 0.4) is 0 Å². The Labute approximate surface area is 291 Å². The summed E-state index contributed by atoms with van der Waals surface area (Å²) in [5.74, 6) is 0.768. The summed E-state index contributed by atoms with van der Waals surface area (Å²) in [7, 11) is 0. The van der Waals surface area contributed by atoms with E-state index in [1.165, 1.54) is 50.7 Å². The highest BCUT2D eigenvalue weighted by atomic mass is 79.9. The normalized spacial score (nSPS) is 11.7. The molecule has 0 spiro atoms. The molecule has 0 fully saturated rings. The van der Waals surface area contributed by atoms with Crippen molar-refractivity contribution in [2.75, 3.05) is 18.4 Å². The zero-order valence-electron chi connectivity index (χ0n) is 24.5. The summed E-state index contributed by atoms with van der Waals surface area (Å²) in [5.41, 5.74) is 6.15. The fourth-order valence-electron chi connectivity index (χ4n) is 5.52. The molecule has 10 heteroatoms. The molecular formula is C34H33Br2N3OS4. The van der Waals surface area contributed by atoms with Crippen molar-refractivity contribution in [1.82, 2.24) is 9.88 Å². The van der Waals surface area contributed by atoms with E-state index in [-0.39, 0.29) is 5.43 Å². The van der Waals surface area contributed by atoms with Gasteiger partial charge in [-0.05, 0) is 108 Å². The molecule has 2 N–H and O–H groups in total. The fraction of sp³-hybridized carbons (Fsp3) is 0.265. The summed E-state index contributed by atoms with van der Waals surface area (Å²) in [6.07, 6.45) is 2.96. The van der Waals surface area contributed by atoms with E-state index in [4.69, 9.17) is 0 Å². The standard InChI is InChI=1S/C34H33Br2N3OS4/c1-3-26-33(35)31(21-10-14-41-19-21)28(43-26)17-39(18-29-32(22-11-15-42-20-22)34(36)27(4-2)44-29)13-7-12-37-30-16-25(40)23-8-5-6-9-24(23)38-30/h5-6,8-11,14-16,19-20H,3-4,7,12-13,17-18H2,1-2H3,(H2,37,38,40). The van der Waals surface area contributed by atoms with Crippen LogP contribution in [-0.4, -0.2) is 23.0 Å². The molecule has 228 valence electrons. The lowest BCUT2D eigenvalue weighted by Gasteiger charge is -2.23.